The van der Waals surface area contributed by atoms with Crippen LogP contribution >= 0.6 is 0 Å². The van der Waals surface area contributed by atoms with Crippen LogP contribution < -0.4 is 11.5 Å². The van der Waals surface area contributed by atoms with Crippen molar-refractivity contribution in [3.05, 3.63) is 12.7 Å². The number of aromatic nitrogens is 4. The topological polar surface area (TPSA) is 406 Å². The molecule has 1 saturated heterocycles. The molecule has 0 amide bonds. The van der Waals surface area contributed by atoms with Gasteiger partial charge in [0.05, 0.1) is 44.3 Å². The SMILES string of the molecule is C[S+](CC[C@H](N)C(=O)O)C[C@H]1O[C@@H](n2cnc3c(N)ncnc32)[C@H](O)[C@@H]1O.O=S(=O)(O)CCCCS(=O)(=O)O.O=S(=O)([O-])CCCCS(=O)(=O)[O-]. The van der Waals surface area contributed by atoms with Crippen LogP contribution in [0.3, 0.4) is 0 Å². The number of anilines is 1. The summed E-state index contributed by atoms with van der Waals surface area (Å²) >= 11 is 0. The first kappa shape index (κ1) is 46.7. The number of aliphatic hydroxyl groups excluding tert-OH is 2. The molecule has 1 fully saturated rings. The molecule has 28 heteroatoms. The number of aliphatic carboxylic acids is 1. The molecule has 1 aliphatic heterocycles. The number of nitrogens with zero attached hydrogens (tertiary/aromatic N) is 4. The second-order valence-corrected chi connectivity index (χ2v) is 19.5. The van der Waals surface area contributed by atoms with E-state index in [9.17, 15) is 57.8 Å². The summed E-state index contributed by atoms with van der Waals surface area (Å²) in [6.07, 6.45) is 1.15. The number of carbonyl (C=O) groups is 1. The number of unbranched alkanes of at least 4 members (excludes halogenated alkanes) is 2. The van der Waals surface area contributed by atoms with Crippen molar-refractivity contribution in [1.82, 2.24) is 19.5 Å². The van der Waals surface area contributed by atoms with Crippen LogP contribution in [0.1, 0.15) is 38.3 Å². The Labute approximate surface area is 297 Å². The molecule has 0 aromatic carbocycles. The van der Waals surface area contributed by atoms with Gasteiger partial charge in [0, 0.05) is 17.9 Å². The van der Waals surface area contributed by atoms with Gasteiger partial charge in [-0.05, 0) is 36.6 Å². The smallest absolute Gasteiger partial charge is 0.320 e. The average Bonchev–Trinajstić information content (AvgIpc) is 3.52. The Balaban J connectivity index is 0.000000452. The van der Waals surface area contributed by atoms with Gasteiger partial charge in [-0.1, -0.05) is 0 Å². The Morgan fingerprint density at radius 3 is 1.84 bits per heavy atom. The summed E-state index contributed by atoms with van der Waals surface area (Å²) in [7, 11) is -16.8. The Bertz CT molecular complexity index is 1720. The van der Waals surface area contributed by atoms with E-state index in [0.717, 1.165) is 0 Å². The number of hydrogen-bond donors (Lipinski definition) is 7. The van der Waals surface area contributed by atoms with Gasteiger partial charge in [0.2, 0.25) is 0 Å². The van der Waals surface area contributed by atoms with E-state index in [1.807, 2.05) is 6.26 Å². The van der Waals surface area contributed by atoms with Crippen LogP contribution in [0.15, 0.2) is 12.7 Å². The fourth-order valence-corrected chi connectivity index (χ4v) is 8.01. The zero-order chi connectivity index (χ0) is 39.4. The number of nitrogens with two attached hydrogens (primary N) is 2. The molecular formula is C23H41N6O17S5-. The number of fused-ring (bicyclic) bond motifs is 1. The van der Waals surface area contributed by atoms with Gasteiger partial charge >= 0.3 is 5.97 Å². The van der Waals surface area contributed by atoms with E-state index in [1.54, 1.807) is 0 Å². The Hall–Kier alpha value is -2.35. The Morgan fingerprint density at radius 1 is 0.902 bits per heavy atom. The molecule has 3 heterocycles. The molecule has 9 N–H and O–H groups in total. The van der Waals surface area contributed by atoms with Gasteiger partial charge in [0.1, 0.15) is 47.7 Å². The van der Waals surface area contributed by atoms with Gasteiger partial charge in [0.25, 0.3) is 20.2 Å². The van der Waals surface area contributed by atoms with E-state index in [-0.39, 0.29) is 42.4 Å². The van der Waals surface area contributed by atoms with Gasteiger partial charge < -0.3 is 40.6 Å². The number of carboxylic acid groups (broad SMARTS) is 1. The van der Waals surface area contributed by atoms with Gasteiger partial charge in [-0.25, -0.2) is 31.8 Å². The number of carboxylic acids is 1. The summed E-state index contributed by atoms with van der Waals surface area (Å²) in [6, 6.07) is -0.907. The highest BCUT2D eigenvalue weighted by Crippen LogP contribution is 2.32. The van der Waals surface area contributed by atoms with Crippen LogP contribution in [-0.4, -0.2) is 158 Å². The molecule has 23 nitrogen and oxygen atoms in total. The maximum absolute atomic E-state index is 10.8. The summed E-state index contributed by atoms with van der Waals surface area (Å²) in [6.45, 7) is 0. The molecule has 2 aromatic heterocycles. The largest absolute Gasteiger partial charge is 0.748 e. The lowest BCUT2D eigenvalue weighted by atomic mass is 10.1. The zero-order valence-electron chi connectivity index (χ0n) is 26.9. The molecular weight excluding hydrogens is 793 g/mol. The summed E-state index contributed by atoms with van der Waals surface area (Å²) in [4.78, 5) is 23.0. The standard InChI is InChI=1S/C15H22N6O5S.2C4H10O6S2/c1-27(3-2-7(16)15(24)25)4-8-10(22)11(23)14(26-8)21-6-20-9-12(17)18-5-19-13(9)21;2*5-11(6,7)3-1-2-4-12(8,9)10/h5-8,10-11,14,22-23H,2-4,16H2,1H3,(H2-,17,18,19,24,25);2*1-4H2,(H,5,6,7)(H,8,9,10)/p-1/t7-,8+,10+,11+,14+,27?;;/m0../s1. The molecule has 0 bridgehead atoms. The summed E-state index contributed by atoms with van der Waals surface area (Å²) in [5, 5.41) is 29.7. The number of imidazole rings is 1. The molecule has 296 valence electrons. The third-order valence-electron chi connectivity index (χ3n) is 6.63. The third-order valence-corrected chi connectivity index (χ3v) is 11.7. The summed E-state index contributed by atoms with van der Waals surface area (Å²) < 4.78 is 124. The fourth-order valence-electron chi connectivity index (χ4n) is 4.09. The van der Waals surface area contributed by atoms with E-state index in [2.05, 4.69) is 15.0 Å². The Morgan fingerprint density at radius 2 is 1.39 bits per heavy atom. The second kappa shape index (κ2) is 20.2. The van der Waals surface area contributed by atoms with Crippen LogP contribution in [0.2, 0.25) is 0 Å². The average molecular weight is 834 g/mol. The molecule has 0 aliphatic carbocycles. The van der Waals surface area contributed by atoms with Gasteiger partial charge in [-0.15, -0.1) is 0 Å². The minimum absolute atomic E-state index is 0.0125. The molecule has 0 saturated carbocycles. The molecule has 51 heavy (non-hydrogen) atoms. The van der Waals surface area contributed by atoms with Crippen LogP contribution in [0.4, 0.5) is 5.82 Å². The number of hydrogen-bond acceptors (Lipinski definition) is 19. The summed E-state index contributed by atoms with van der Waals surface area (Å²) in [5.41, 5.74) is 12.1. The van der Waals surface area contributed by atoms with E-state index >= 15 is 0 Å². The lowest BCUT2D eigenvalue weighted by molar-refractivity contribution is -0.138. The van der Waals surface area contributed by atoms with E-state index in [1.165, 1.54) is 17.2 Å². The van der Waals surface area contributed by atoms with E-state index < -0.39 is 100 Å². The first-order valence-electron chi connectivity index (χ1n) is 14.5. The van der Waals surface area contributed by atoms with Crippen molar-refractivity contribution in [3.63, 3.8) is 0 Å². The third kappa shape index (κ3) is 19.3. The molecule has 0 spiro atoms. The minimum Gasteiger partial charge on any atom is -0.748 e. The van der Waals surface area contributed by atoms with Gasteiger partial charge in [0.15, 0.2) is 17.7 Å². The minimum atomic E-state index is -4.29. The molecule has 2 aromatic rings. The van der Waals surface area contributed by atoms with Crippen molar-refractivity contribution < 1.29 is 76.7 Å². The van der Waals surface area contributed by atoms with Crippen molar-refractivity contribution in [2.75, 3.05) is 46.5 Å². The molecule has 6 atom stereocenters. The highest BCUT2D eigenvalue weighted by atomic mass is 32.2. The Kier molecular flexibility index (Phi) is 18.5. The number of rotatable bonds is 17. The molecule has 3 rings (SSSR count). The predicted molar refractivity (Wildman–Crippen MR) is 179 cm³/mol. The predicted octanol–water partition coefficient (Wildman–Crippen LogP) is -3.52. The molecule has 0 radical (unpaired) electrons. The number of aliphatic hydroxyl groups is 2. The maximum Gasteiger partial charge on any atom is 0.320 e. The van der Waals surface area contributed by atoms with Crippen molar-refractivity contribution in [3.8, 4) is 0 Å². The normalized spacial score (nSPS) is 20.9. The lowest BCUT2D eigenvalue weighted by Gasteiger charge is -2.16. The zero-order valence-corrected chi connectivity index (χ0v) is 31.0. The van der Waals surface area contributed by atoms with Crippen molar-refractivity contribution in [2.24, 2.45) is 5.73 Å². The summed E-state index contributed by atoms with van der Waals surface area (Å²) in [5.74, 6) is -1.96. The van der Waals surface area contributed by atoms with E-state index in [4.69, 9.17) is 30.4 Å². The van der Waals surface area contributed by atoms with Crippen LogP contribution in [-0.2, 0) is 60.9 Å². The van der Waals surface area contributed by atoms with Crippen molar-refractivity contribution >= 4 is 74.3 Å². The van der Waals surface area contributed by atoms with E-state index in [0.29, 0.717) is 29.1 Å². The monoisotopic (exact) mass is 833 g/mol. The van der Waals surface area contributed by atoms with Crippen molar-refractivity contribution in [2.45, 2.75) is 62.7 Å². The van der Waals surface area contributed by atoms with Crippen molar-refractivity contribution in [1.29, 1.82) is 0 Å². The lowest BCUT2D eigenvalue weighted by Crippen LogP contribution is -2.37. The highest BCUT2D eigenvalue weighted by Gasteiger charge is 2.46. The fraction of sp³-hybridized carbons (Fsp3) is 0.739. The van der Waals surface area contributed by atoms with Crippen LogP contribution in [0.25, 0.3) is 11.2 Å². The van der Waals surface area contributed by atoms with Crippen LogP contribution in [0.5, 0.6) is 0 Å². The second-order valence-electron chi connectivity index (χ2n) is 11.0. The first-order valence-corrected chi connectivity index (χ1v) is 22.8. The first-order chi connectivity index (χ1) is 23.2. The quantitative estimate of drug-likeness (QED) is 0.0461. The van der Waals surface area contributed by atoms with Gasteiger partial charge in [-0.2, -0.15) is 16.8 Å². The molecule has 1 aliphatic rings. The maximum atomic E-state index is 10.8. The van der Waals surface area contributed by atoms with Gasteiger partial charge in [-0.3, -0.25) is 18.5 Å². The number of nitrogen functional groups attached to an aromatic ring is 1. The highest BCUT2D eigenvalue weighted by molar-refractivity contribution is 7.96. The molecule has 1 unspecified atom stereocenters. The number of ether oxygens (including phenoxy) is 1. The van der Waals surface area contributed by atoms with Crippen LogP contribution in [0, 0.1) is 0 Å².